The molecule has 1 atom stereocenters. The van der Waals surface area contributed by atoms with Crippen molar-refractivity contribution in [2.75, 3.05) is 25.4 Å². The van der Waals surface area contributed by atoms with Gasteiger partial charge in [-0.25, -0.2) is 4.98 Å². The number of anilines is 1. The molecule has 0 spiro atoms. The minimum atomic E-state index is -0.196. The van der Waals surface area contributed by atoms with E-state index in [1.54, 1.807) is 0 Å². The Morgan fingerprint density at radius 3 is 3.00 bits per heavy atom. The SMILES string of the molecule is CC(C)CN1CC(C(=O)N2CCc3nc(N)sc3C2)CC1=O. The first kappa shape index (κ1) is 15.3. The number of aromatic nitrogens is 1. The van der Waals surface area contributed by atoms with E-state index < -0.39 is 0 Å². The second kappa shape index (κ2) is 5.87. The van der Waals surface area contributed by atoms with E-state index in [-0.39, 0.29) is 17.7 Å². The molecule has 3 heterocycles. The van der Waals surface area contributed by atoms with Gasteiger partial charge in [0.05, 0.1) is 18.2 Å². The summed E-state index contributed by atoms with van der Waals surface area (Å²) in [6.07, 6.45) is 1.10. The van der Waals surface area contributed by atoms with Crippen molar-refractivity contribution >= 4 is 28.3 Å². The molecule has 0 aromatic carbocycles. The van der Waals surface area contributed by atoms with Gasteiger partial charge in [0.1, 0.15) is 0 Å². The predicted octanol–water partition coefficient (Wildman–Crippen LogP) is 1.11. The summed E-state index contributed by atoms with van der Waals surface area (Å²) >= 11 is 1.46. The van der Waals surface area contributed by atoms with E-state index in [9.17, 15) is 9.59 Å². The average molecular weight is 322 g/mol. The number of nitrogens with two attached hydrogens (primary N) is 1. The van der Waals surface area contributed by atoms with Crippen LogP contribution in [0.15, 0.2) is 0 Å². The Morgan fingerprint density at radius 2 is 2.27 bits per heavy atom. The molecule has 1 aromatic heterocycles. The second-order valence-electron chi connectivity index (χ2n) is 6.53. The van der Waals surface area contributed by atoms with Crippen LogP contribution in [0.4, 0.5) is 5.13 Å². The molecule has 1 aromatic rings. The van der Waals surface area contributed by atoms with Gasteiger partial charge in [-0.15, -0.1) is 11.3 Å². The highest BCUT2D eigenvalue weighted by Gasteiger charge is 2.37. The Balaban J connectivity index is 1.64. The molecule has 2 aliphatic heterocycles. The minimum absolute atomic E-state index is 0.0947. The largest absolute Gasteiger partial charge is 0.375 e. The van der Waals surface area contributed by atoms with E-state index >= 15 is 0 Å². The van der Waals surface area contributed by atoms with E-state index in [2.05, 4.69) is 18.8 Å². The lowest BCUT2D eigenvalue weighted by Crippen LogP contribution is -2.40. The first-order valence-corrected chi connectivity index (χ1v) is 8.56. The van der Waals surface area contributed by atoms with E-state index in [1.807, 2.05) is 9.80 Å². The third-order valence-electron chi connectivity index (χ3n) is 4.21. The van der Waals surface area contributed by atoms with Crippen molar-refractivity contribution in [1.82, 2.24) is 14.8 Å². The van der Waals surface area contributed by atoms with Crippen molar-refractivity contribution in [3.63, 3.8) is 0 Å². The van der Waals surface area contributed by atoms with Crippen molar-refractivity contribution in [3.8, 4) is 0 Å². The molecule has 22 heavy (non-hydrogen) atoms. The Labute approximate surface area is 134 Å². The molecule has 0 bridgehead atoms. The number of likely N-dealkylation sites (tertiary alicyclic amines) is 1. The number of hydrogen-bond donors (Lipinski definition) is 1. The summed E-state index contributed by atoms with van der Waals surface area (Å²) in [7, 11) is 0. The lowest BCUT2D eigenvalue weighted by atomic mass is 10.1. The zero-order chi connectivity index (χ0) is 15.9. The topological polar surface area (TPSA) is 79.5 Å². The fourth-order valence-corrected chi connectivity index (χ4v) is 4.11. The summed E-state index contributed by atoms with van der Waals surface area (Å²) in [4.78, 5) is 33.8. The van der Waals surface area contributed by atoms with Gasteiger partial charge in [-0.3, -0.25) is 9.59 Å². The van der Waals surface area contributed by atoms with Gasteiger partial charge in [-0.05, 0) is 5.92 Å². The minimum Gasteiger partial charge on any atom is -0.375 e. The molecule has 1 unspecified atom stereocenters. The summed E-state index contributed by atoms with van der Waals surface area (Å²) in [5, 5.41) is 0.568. The number of carbonyl (C=O) groups excluding carboxylic acids is 2. The average Bonchev–Trinajstić information content (AvgIpc) is 2.99. The quantitative estimate of drug-likeness (QED) is 0.904. The van der Waals surface area contributed by atoms with Gasteiger partial charge in [0.2, 0.25) is 11.8 Å². The fourth-order valence-electron chi connectivity index (χ4n) is 3.22. The molecule has 0 radical (unpaired) electrons. The number of thiazole rings is 1. The van der Waals surface area contributed by atoms with Crippen LogP contribution in [0.25, 0.3) is 0 Å². The zero-order valence-corrected chi connectivity index (χ0v) is 13.9. The molecule has 6 nitrogen and oxygen atoms in total. The highest BCUT2D eigenvalue weighted by Crippen LogP contribution is 2.29. The van der Waals surface area contributed by atoms with Crippen molar-refractivity contribution in [2.45, 2.75) is 33.2 Å². The van der Waals surface area contributed by atoms with Gasteiger partial charge < -0.3 is 15.5 Å². The number of fused-ring (bicyclic) bond motifs is 1. The van der Waals surface area contributed by atoms with Crippen LogP contribution >= 0.6 is 11.3 Å². The maximum Gasteiger partial charge on any atom is 0.228 e. The van der Waals surface area contributed by atoms with Crippen LogP contribution in [-0.4, -0.2) is 46.2 Å². The highest BCUT2D eigenvalue weighted by molar-refractivity contribution is 7.15. The lowest BCUT2D eigenvalue weighted by Gasteiger charge is -2.28. The summed E-state index contributed by atoms with van der Waals surface area (Å²) < 4.78 is 0. The monoisotopic (exact) mass is 322 g/mol. The van der Waals surface area contributed by atoms with Crippen LogP contribution in [0.3, 0.4) is 0 Å². The fraction of sp³-hybridized carbons (Fsp3) is 0.667. The smallest absolute Gasteiger partial charge is 0.228 e. The van der Waals surface area contributed by atoms with Gasteiger partial charge in [-0.2, -0.15) is 0 Å². The molecule has 0 saturated carbocycles. The number of rotatable bonds is 3. The number of hydrogen-bond acceptors (Lipinski definition) is 5. The van der Waals surface area contributed by atoms with E-state index in [0.717, 1.165) is 23.5 Å². The molecule has 3 rings (SSSR count). The molecule has 120 valence electrons. The van der Waals surface area contributed by atoms with Crippen molar-refractivity contribution in [3.05, 3.63) is 10.6 Å². The first-order chi connectivity index (χ1) is 10.4. The Kier molecular flexibility index (Phi) is 4.08. The Morgan fingerprint density at radius 1 is 1.50 bits per heavy atom. The Bertz CT molecular complexity index is 598. The number of nitrogen functional groups attached to an aromatic ring is 1. The third-order valence-corrected chi connectivity index (χ3v) is 5.12. The molecule has 2 aliphatic rings. The molecule has 7 heteroatoms. The molecule has 1 saturated heterocycles. The highest BCUT2D eigenvalue weighted by atomic mass is 32.1. The van der Waals surface area contributed by atoms with Crippen molar-refractivity contribution < 1.29 is 9.59 Å². The maximum atomic E-state index is 12.7. The number of nitrogens with zero attached hydrogens (tertiary/aromatic N) is 3. The van der Waals surface area contributed by atoms with Gasteiger partial charge in [0.15, 0.2) is 5.13 Å². The van der Waals surface area contributed by atoms with Crippen LogP contribution in [0, 0.1) is 11.8 Å². The molecule has 1 fully saturated rings. The van der Waals surface area contributed by atoms with Crippen molar-refractivity contribution in [2.24, 2.45) is 11.8 Å². The van der Waals surface area contributed by atoms with Crippen molar-refractivity contribution in [1.29, 1.82) is 0 Å². The molecule has 2 N–H and O–H groups in total. The van der Waals surface area contributed by atoms with Crippen LogP contribution < -0.4 is 5.73 Å². The molecular formula is C15H22N4O2S. The summed E-state index contributed by atoms with van der Waals surface area (Å²) in [6.45, 7) is 6.72. The molecule has 0 aliphatic carbocycles. The number of amides is 2. The third kappa shape index (κ3) is 2.95. The molecular weight excluding hydrogens is 300 g/mol. The Hall–Kier alpha value is -1.63. The van der Waals surface area contributed by atoms with Gasteiger partial charge in [0.25, 0.3) is 0 Å². The zero-order valence-electron chi connectivity index (χ0n) is 13.0. The normalized spacial score (nSPS) is 21.6. The number of carbonyl (C=O) groups is 2. The van der Waals surface area contributed by atoms with Gasteiger partial charge >= 0.3 is 0 Å². The first-order valence-electron chi connectivity index (χ1n) is 7.74. The van der Waals surface area contributed by atoms with E-state index in [1.165, 1.54) is 11.3 Å². The second-order valence-corrected chi connectivity index (χ2v) is 7.64. The van der Waals surface area contributed by atoms with Gasteiger partial charge in [0, 0.05) is 37.4 Å². The van der Waals surface area contributed by atoms with Crippen LogP contribution in [0.2, 0.25) is 0 Å². The van der Waals surface area contributed by atoms with E-state index in [4.69, 9.17) is 5.73 Å². The maximum absolute atomic E-state index is 12.7. The summed E-state index contributed by atoms with van der Waals surface area (Å²) in [5.41, 5.74) is 6.76. The lowest BCUT2D eigenvalue weighted by molar-refractivity contribution is -0.136. The van der Waals surface area contributed by atoms with Crippen LogP contribution in [0.1, 0.15) is 30.8 Å². The van der Waals surface area contributed by atoms with E-state index in [0.29, 0.717) is 37.1 Å². The summed E-state index contributed by atoms with van der Waals surface area (Å²) in [6, 6.07) is 0. The predicted molar refractivity (Wildman–Crippen MR) is 85.2 cm³/mol. The standard InChI is InChI=1S/C15H22N4O2S/c1-9(2)6-19-7-10(5-13(19)20)14(21)18-4-3-11-12(8-18)22-15(16)17-11/h9-10H,3-8H2,1-2H3,(H2,16,17). The summed E-state index contributed by atoms with van der Waals surface area (Å²) in [5.74, 6) is 0.428. The van der Waals surface area contributed by atoms with Gasteiger partial charge in [-0.1, -0.05) is 13.8 Å². The van der Waals surface area contributed by atoms with Crippen LogP contribution in [0.5, 0.6) is 0 Å². The molecule has 2 amide bonds. The van der Waals surface area contributed by atoms with Crippen LogP contribution in [-0.2, 0) is 22.6 Å².